The Morgan fingerprint density at radius 1 is 1.09 bits per heavy atom. The molecule has 2 bridgehead atoms. The topological polar surface area (TPSA) is 84.7 Å². The van der Waals surface area contributed by atoms with Crippen molar-refractivity contribution in [1.82, 2.24) is 15.2 Å². The Balaban J connectivity index is 1.32. The molecule has 4 aliphatic rings. The van der Waals surface area contributed by atoms with Crippen molar-refractivity contribution >= 4 is 39.0 Å². The number of phenols is 1. The first-order valence-corrected chi connectivity index (χ1v) is 15.7. The predicted octanol–water partition coefficient (Wildman–Crippen LogP) is 6.37. The van der Waals surface area contributed by atoms with Crippen molar-refractivity contribution in [2.75, 3.05) is 37.7 Å². The van der Waals surface area contributed by atoms with Crippen molar-refractivity contribution in [3.8, 4) is 28.8 Å². The second-order valence-corrected chi connectivity index (χ2v) is 13.1. The zero-order chi connectivity index (χ0) is 29.3. The maximum atomic E-state index is 17.0. The van der Waals surface area contributed by atoms with Crippen LogP contribution in [0.25, 0.3) is 32.7 Å². The van der Waals surface area contributed by atoms with E-state index >= 15 is 4.39 Å². The number of hydrogen-bond acceptors (Lipinski definition) is 7. The largest absolute Gasteiger partial charge is 0.508 e. The fourth-order valence-corrected chi connectivity index (χ4v) is 8.46. The van der Waals surface area contributed by atoms with Gasteiger partial charge in [0, 0.05) is 58.0 Å². The summed E-state index contributed by atoms with van der Waals surface area (Å²) in [5, 5.41) is 27.2. The van der Waals surface area contributed by atoms with Gasteiger partial charge < -0.3 is 20.1 Å². The van der Waals surface area contributed by atoms with Crippen LogP contribution in [0.2, 0.25) is 5.02 Å². The molecule has 0 aliphatic carbocycles. The highest BCUT2D eigenvalue weighted by Crippen LogP contribution is 2.44. The second-order valence-electron chi connectivity index (χ2n) is 12.7. The smallest absolute Gasteiger partial charge is 0.215 e. The summed E-state index contributed by atoms with van der Waals surface area (Å²) >= 11 is 6.63. The molecule has 4 fully saturated rings. The van der Waals surface area contributed by atoms with Crippen molar-refractivity contribution in [1.29, 1.82) is 5.26 Å². The molecule has 2 atom stereocenters. The minimum Gasteiger partial charge on any atom is -0.508 e. The van der Waals surface area contributed by atoms with Crippen LogP contribution < -0.4 is 15.0 Å². The van der Waals surface area contributed by atoms with Crippen molar-refractivity contribution < 1.29 is 14.2 Å². The summed E-state index contributed by atoms with van der Waals surface area (Å²) in [4.78, 5) is 9.78. The fraction of sp³-hybridized carbons (Fsp3) is 0.412. The van der Waals surface area contributed by atoms with Gasteiger partial charge in [0.25, 0.3) is 0 Å². The van der Waals surface area contributed by atoms with E-state index in [4.69, 9.17) is 21.3 Å². The van der Waals surface area contributed by atoms with Gasteiger partial charge in [-0.05, 0) is 86.8 Å². The van der Waals surface area contributed by atoms with Crippen LogP contribution in [0, 0.1) is 17.1 Å². The van der Waals surface area contributed by atoms with Gasteiger partial charge in [0.15, 0.2) is 0 Å². The van der Waals surface area contributed by atoms with E-state index in [-0.39, 0.29) is 22.4 Å². The average molecular weight is 598 g/mol. The molecule has 7 nitrogen and oxygen atoms in total. The number of nitriles is 1. The van der Waals surface area contributed by atoms with Gasteiger partial charge in [0.05, 0.1) is 17.2 Å². The summed E-state index contributed by atoms with van der Waals surface area (Å²) in [6.07, 6.45) is 6.73. The van der Waals surface area contributed by atoms with E-state index in [2.05, 4.69) is 21.2 Å². The number of pyridine rings is 1. The molecular formula is C34H33ClFN5O2. The van der Waals surface area contributed by atoms with E-state index in [0.717, 1.165) is 51.9 Å². The van der Waals surface area contributed by atoms with E-state index in [0.29, 0.717) is 62.5 Å². The minimum absolute atomic E-state index is 0.0244. The minimum atomic E-state index is -0.547. The highest BCUT2D eigenvalue weighted by atomic mass is 35.5. The Hall–Kier alpha value is -3.64. The number of nitrogens with zero attached hydrogens (tertiary/aromatic N) is 4. The third kappa shape index (κ3) is 4.40. The van der Waals surface area contributed by atoms with Crippen LogP contribution in [0.4, 0.5) is 10.2 Å². The number of ether oxygens (including phenoxy) is 1. The highest BCUT2D eigenvalue weighted by Gasteiger charge is 2.45. The van der Waals surface area contributed by atoms with E-state index < -0.39 is 5.82 Å². The van der Waals surface area contributed by atoms with E-state index in [1.54, 1.807) is 30.3 Å². The summed E-state index contributed by atoms with van der Waals surface area (Å²) in [6, 6.07) is 14.8. The van der Waals surface area contributed by atoms with Gasteiger partial charge in [-0.25, -0.2) is 4.39 Å². The van der Waals surface area contributed by atoms with Crippen molar-refractivity contribution in [2.24, 2.45) is 0 Å². The molecule has 8 rings (SSSR count). The molecule has 3 aromatic carbocycles. The fourth-order valence-electron chi connectivity index (χ4n) is 8.18. The third-order valence-electron chi connectivity index (χ3n) is 10.1. The van der Waals surface area contributed by atoms with E-state index in [9.17, 15) is 10.4 Å². The monoisotopic (exact) mass is 597 g/mol. The number of anilines is 1. The molecule has 4 aromatic rings. The molecule has 4 aliphatic heterocycles. The summed E-state index contributed by atoms with van der Waals surface area (Å²) in [5.74, 6) is 0.475. The van der Waals surface area contributed by atoms with Crippen LogP contribution in [-0.4, -0.2) is 65.4 Å². The zero-order valence-electron chi connectivity index (χ0n) is 23.9. The molecule has 2 N–H and O–H groups in total. The molecule has 0 radical (unpaired) electrons. The van der Waals surface area contributed by atoms with Crippen LogP contribution in [0.15, 0.2) is 42.5 Å². The standard InChI is InChI=1S/C34H33ClFN5O2/c35-28-5-1-4-20-12-24(42)14-27(30(20)28)31-21(16-37)13-26-25(32(31)36)15-29(43-19-34-8-2-10-41(34)11-3-9-34)39-33(26)40-17-22-6-7-23(18-40)38-22/h1,4-5,12-15,22-23,38,42H,2-3,6-11,17-19H2. The van der Waals surface area contributed by atoms with Gasteiger partial charge in [0.2, 0.25) is 5.88 Å². The molecule has 5 heterocycles. The summed E-state index contributed by atoms with van der Waals surface area (Å²) < 4.78 is 23.5. The summed E-state index contributed by atoms with van der Waals surface area (Å²) in [5.41, 5.74) is 0.683. The Labute approximate surface area is 254 Å². The first-order chi connectivity index (χ1) is 20.9. The number of aromatic nitrogens is 1. The van der Waals surface area contributed by atoms with Gasteiger partial charge in [0.1, 0.15) is 24.0 Å². The number of nitrogens with one attached hydrogen (secondary N) is 1. The maximum Gasteiger partial charge on any atom is 0.215 e. The molecule has 4 saturated heterocycles. The van der Waals surface area contributed by atoms with Crippen molar-refractivity contribution in [3.05, 3.63) is 58.9 Å². The Morgan fingerprint density at radius 3 is 2.60 bits per heavy atom. The molecule has 0 amide bonds. The number of aromatic hydroxyl groups is 1. The van der Waals surface area contributed by atoms with Crippen molar-refractivity contribution in [3.63, 3.8) is 0 Å². The lowest BCUT2D eigenvalue weighted by Crippen LogP contribution is -2.51. The lowest BCUT2D eigenvalue weighted by Gasteiger charge is -2.35. The van der Waals surface area contributed by atoms with Crippen LogP contribution in [0.1, 0.15) is 44.1 Å². The number of benzene rings is 3. The average Bonchev–Trinajstić information content (AvgIpc) is 3.68. The molecule has 220 valence electrons. The Kier molecular flexibility index (Phi) is 6.41. The summed E-state index contributed by atoms with van der Waals surface area (Å²) in [6.45, 7) is 4.24. The number of piperazine rings is 1. The number of rotatable bonds is 5. The molecule has 0 saturated carbocycles. The van der Waals surface area contributed by atoms with E-state index in [1.165, 1.54) is 18.9 Å². The number of halogens is 2. The maximum absolute atomic E-state index is 17.0. The Bertz CT molecular complexity index is 1800. The normalized spacial score (nSPS) is 22.8. The third-order valence-corrected chi connectivity index (χ3v) is 10.5. The highest BCUT2D eigenvalue weighted by molar-refractivity contribution is 6.36. The van der Waals surface area contributed by atoms with Crippen molar-refractivity contribution in [2.45, 2.75) is 56.1 Å². The van der Waals surface area contributed by atoms with E-state index in [1.807, 2.05) is 6.07 Å². The quantitative estimate of drug-likeness (QED) is 0.276. The molecule has 1 aromatic heterocycles. The summed E-state index contributed by atoms with van der Waals surface area (Å²) in [7, 11) is 0. The Morgan fingerprint density at radius 2 is 1.86 bits per heavy atom. The van der Waals surface area contributed by atoms with Gasteiger partial charge in [-0.3, -0.25) is 4.90 Å². The molecule has 43 heavy (non-hydrogen) atoms. The lowest BCUT2D eigenvalue weighted by atomic mass is 9.91. The second kappa shape index (κ2) is 10.2. The van der Waals surface area contributed by atoms with Crippen LogP contribution in [0.3, 0.4) is 0 Å². The first kappa shape index (κ1) is 26.9. The zero-order valence-corrected chi connectivity index (χ0v) is 24.6. The SMILES string of the molecule is N#Cc1cc2c(N3CC4CCC(C3)N4)nc(OCC34CCCN3CCC4)cc2c(F)c1-c1cc(O)cc2cccc(Cl)c12. The van der Waals surface area contributed by atoms with Gasteiger partial charge in [-0.1, -0.05) is 23.7 Å². The number of fused-ring (bicyclic) bond motifs is 5. The predicted molar refractivity (Wildman–Crippen MR) is 166 cm³/mol. The van der Waals surface area contributed by atoms with Crippen LogP contribution in [0.5, 0.6) is 11.6 Å². The van der Waals surface area contributed by atoms with Crippen LogP contribution >= 0.6 is 11.6 Å². The molecule has 2 unspecified atom stereocenters. The lowest BCUT2D eigenvalue weighted by molar-refractivity contribution is 0.111. The number of phenolic OH excluding ortho intramolecular Hbond substituents is 1. The van der Waals surface area contributed by atoms with Gasteiger partial charge in [-0.2, -0.15) is 10.2 Å². The van der Waals surface area contributed by atoms with Gasteiger partial charge in [-0.15, -0.1) is 0 Å². The first-order valence-electron chi connectivity index (χ1n) is 15.3. The molecule has 9 heteroatoms. The molecular weight excluding hydrogens is 565 g/mol. The van der Waals surface area contributed by atoms with Crippen LogP contribution in [-0.2, 0) is 0 Å². The van der Waals surface area contributed by atoms with Gasteiger partial charge >= 0.3 is 0 Å². The number of hydrogen-bond donors (Lipinski definition) is 2. The molecule has 0 spiro atoms.